The van der Waals surface area contributed by atoms with Crippen LogP contribution in [0.5, 0.6) is 0 Å². The molecule has 1 aromatic rings. The van der Waals surface area contributed by atoms with Crippen molar-refractivity contribution in [3.63, 3.8) is 0 Å². The van der Waals surface area contributed by atoms with E-state index in [4.69, 9.17) is 0 Å². The van der Waals surface area contributed by atoms with Crippen LogP contribution in [0.25, 0.3) is 0 Å². The molecule has 58 valence electrons. The summed E-state index contributed by atoms with van der Waals surface area (Å²) in [4.78, 5) is 0. The van der Waals surface area contributed by atoms with E-state index in [1.165, 1.54) is 12.6 Å². The van der Waals surface area contributed by atoms with Gasteiger partial charge >= 0.3 is 0 Å². The smallest absolute Gasteiger partial charge is 0.0317 e. The van der Waals surface area contributed by atoms with E-state index in [0.29, 0.717) is 0 Å². The summed E-state index contributed by atoms with van der Waals surface area (Å²) in [6, 6.07) is 4.43. The van der Waals surface area contributed by atoms with Crippen LogP contribution in [0.1, 0.15) is 13.3 Å². The molecule has 0 nitrogen and oxygen atoms in total. The summed E-state index contributed by atoms with van der Waals surface area (Å²) in [6.07, 6.45) is 2.71. The van der Waals surface area contributed by atoms with Crippen LogP contribution in [-0.4, -0.2) is 6.16 Å². The Labute approximate surface area is 72.7 Å². The average molecular weight is 182 g/mol. The van der Waals surface area contributed by atoms with Crippen molar-refractivity contribution < 1.29 is 0 Å². The number of thiophene rings is 1. The van der Waals surface area contributed by atoms with Gasteiger partial charge in [-0.2, -0.15) is 0 Å². The molecule has 0 amide bonds. The van der Waals surface area contributed by atoms with Crippen LogP contribution in [-0.2, 0) is 0 Å². The topological polar surface area (TPSA) is 0 Å². The SMILES string of the molecule is CC1=CP(c2cccs2)CC1. The molecule has 0 radical (unpaired) electrons. The fraction of sp³-hybridized carbons (Fsp3) is 0.333. The molecular weight excluding hydrogens is 171 g/mol. The summed E-state index contributed by atoms with van der Waals surface area (Å²) in [7, 11) is 0.114. The van der Waals surface area contributed by atoms with Crippen molar-refractivity contribution in [1.29, 1.82) is 0 Å². The first-order valence-corrected chi connectivity index (χ1v) is 6.31. The van der Waals surface area contributed by atoms with Gasteiger partial charge in [0, 0.05) is 4.62 Å². The molecule has 2 heteroatoms. The van der Waals surface area contributed by atoms with Crippen molar-refractivity contribution in [1.82, 2.24) is 0 Å². The summed E-state index contributed by atoms with van der Waals surface area (Å²) >= 11 is 1.91. The lowest BCUT2D eigenvalue weighted by atomic mass is 10.3. The second kappa shape index (κ2) is 3.08. The Kier molecular flexibility index (Phi) is 2.11. The number of allylic oxidation sites excluding steroid dienone is 1. The third-order valence-corrected chi connectivity index (χ3v) is 5.78. The van der Waals surface area contributed by atoms with Crippen LogP contribution in [0.2, 0.25) is 0 Å². The Morgan fingerprint density at radius 1 is 1.55 bits per heavy atom. The summed E-state index contributed by atoms with van der Waals surface area (Å²) in [6.45, 7) is 2.25. The standard InChI is InChI=1S/C9H11PS/c1-8-4-5-10(7-8)9-3-2-6-11-9/h2-3,6-7H,4-5H2,1H3. The van der Waals surface area contributed by atoms with E-state index in [1.807, 2.05) is 11.3 Å². The molecule has 0 saturated heterocycles. The number of hydrogen-bond donors (Lipinski definition) is 0. The summed E-state index contributed by atoms with van der Waals surface area (Å²) in [5.41, 5.74) is 1.59. The van der Waals surface area contributed by atoms with Gasteiger partial charge < -0.3 is 0 Å². The normalized spacial score (nSPS) is 23.7. The van der Waals surface area contributed by atoms with Gasteiger partial charge in [0.1, 0.15) is 0 Å². The Hall–Kier alpha value is -0.130. The molecule has 2 heterocycles. The number of hydrogen-bond acceptors (Lipinski definition) is 1. The zero-order valence-corrected chi connectivity index (χ0v) is 8.29. The van der Waals surface area contributed by atoms with E-state index in [-0.39, 0.29) is 7.92 Å². The molecule has 0 aliphatic carbocycles. The van der Waals surface area contributed by atoms with E-state index < -0.39 is 0 Å². The van der Waals surface area contributed by atoms with Crippen LogP contribution in [0.3, 0.4) is 0 Å². The second-order valence-electron chi connectivity index (χ2n) is 2.87. The monoisotopic (exact) mass is 182 g/mol. The minimum atomic E-state index is 0.114. The molecule has 1 unspecified atom stereocenters. The molecule has 1 aromatic heterocycles. The Balaban J connectivity index is 2.20. The zero-order valence-electron chi connectivity index (χ0n) is 6.58. The molecule has 0 N–H and O–H groups in total. The summed E-state index contributed by atoms with van der Waals surface area (Å²) in [5.74, 6) is 2.47. The largest absolute Gasteiger partial charge is 0.144 e. The van der Waals surface area contributed by atoms with Crippen LogP contribution in [0.15, 0.2) is 28.9 Å². The number of rotatable bonds is 1. The molecular formula is C9H11PS. The van der Waals surface area contributed by atoms with Gasteiger partial charge in [-0.1, -0.05) is 17.5 Å². The second-order valence-corrected chi connectivity index (χ2v) is 6.25. The lowest BCUT2D eigenvalue weighted by Gasteiger charge is -2.02. The fourth-order valence-electron chi connectivity index (χ4n) is 1.30. The van der Waals surface area contributed by atoms with Crippen LogP contribution in [0, 0.1) is 0 Å². The molecule has 0 saturated carbocycles. The minimum absolute atomic E-state index is 0.114. The Morgan fingerprint density at radius 3 is 3.00 bits per heavy atom. The van der Waals surface area contributed by atoms with Crippen LogP contribution in [0.4, 0.5) is 0 Å². The molecule has 1 atom stereocenters. The van der Waals surface area contributed by atoms with Crippen molar-refractivity contribution >= 4 is 23.9 Å². The van der Waals surface area contributed by atoms with Gasteiger partial charge in [-0.05, 0) is 38.9 Å². The highest BCUT2D eigenvalue weighted by molar-refractivity contribution is 7.74. The van der Waals surface area contributed by atoms with Crippen molar-refractivity contribution in [2.24, 2.45) is 0 Å². The highest BCUT2D eigenvalue weighted by Crippen LogP contribution is 2.45. The maximum Gasteiger partial charge on any atom is 0.0317 e. The van der Waals surface area contributed by atoms with Crippen LogP contribution < -0.4 is 4.62 Å². The quantitative estimate of drug-likeness (QED) is 0.585. The van der Waals surface area contributed by atoms with Gasteiger partial charge in [-0.25, -0.2) is 0 Å². The predicted octanol–water partition coefficient (Wildman–Crippen LogP) is 3.16. The first-order chi connectivity index (χ1) is 5.36. The van der Waals surface area contributed by atoms with E-state index in [2.05, 4.69) is 30.3 Å². The van der Waals surface area contributed by atoms with Gasteiger partial charge in [0.15, 0.2) is 0 Å². The molecule has 11 heavy (non-hydrogen) atoms. The van der Waals surface area contributed by atoms with Gasteiger partial charge in [0.25, 0.3) is 0 Å². The van der Waals surface area contributed by atoms with Crippen molar-refractivity contribution in [3.05, 3.63) is 28.9 Å². The van der Waals surface area contributed by atoms with Gasteiger partial charge in [-0.15, -0.1) is 11.3 Å². The maximum atomic E-state index is 2.47. The van der Waals surface area contributed by atoms with E-state index in [1.54, 1.807) is 10.2 Å². The summed E-state index contributed by atoms with van der Waals surface area (Å²) in [5, 5.41) is 2.18. The molecule has 1 aliphatic heterocycles. The third kappa shape index (κ3) is 1.55. The molecule has 2 rings (SSSR count). The van der Waals surface area contributed by atoms with E-state index in [9.17, 15) is 0 Å². The maximum absolute atomic E-state index is 2.47. The van der Waals surface area contributed by atoms with E-state index >= 15 is 0 Å². The third-order valence-electron chi connectivity index (χ3n) is 1.91. The minimum Gasteiger partial charge on any atom is -0.144 e. The molecule has 1 aliphatic rings. The van der Waals surface area contributed by atoms with Gasteiger partial charge in [0.05, 0.1) is 0 Å². The fourth-order valence-corrected chi connectivity index (χ4v) is 4.92. The first kappa shape index (κ1) is 7.52. The average Bonchev–Trinajstić information content (AvgIpc) is 2.55. The van der Waals surface area contributed by atoms with Gasteiger partial charge in [0.2, 0.25) is 0 Å². The molecule has 0 aromatic carbocycles. The molecule has 0 bridgehead atoms. The highest BCUT2D eigenvalue weighted by atomic mass is 32.1. The Bertz CT molecular complexity index is 261. The predicted molar refractivity (Wildman–Crippen MR) is 54.1 cm³/mol. The summed E-state index contributed by atoms with van der Waals surface area (Å²) < 4.78 is 1.59. The lowest BCUT2D eigenvalue weighted by molar-refractivity contribution is 1.14. The molecule has 0 spiro atoms. The first-order valence-electron chi connectivity index (χ1n) is 3.84. The van der Waals surface area contributed by atoms with Crippen molar-refractivity contribution in [2.75, 3.05) is 6.16 Å². The van der Waals surface area contributed by atoms with Crippen molar-refractivity contribution in [2.45, 2.75) is 13.3 Å². The van der Waals surface area contributed by atoms with Gasteiger partial charge in [-0.3, -0.25) is 0 Å². The van der Waals surface area contributed by atoms with E-state index in [0.717, 1.165) is 0 Å². The van der Waals surface area contributed by atoms with Crippen molar-refractivity contribution in [3.8, 4) is 0 Å². The van der Waals surface area contributed by atoms with Crippen LogP contribution >= 0.6 is 19.3 Å². The zero-order chi connectivity index (χ0) is 7.68. The Morgan fingerprint density at radius 2 is 2.45 bits per heavy atom. The highest BCUT2D eigenvalue weighted by Gasteiger charge is 2.14. The molecule has 0 fully saturated rings. The lowest BCUT2D eigenvalue weighted by Crippen LogP contribution is -1.90.